The van der Waals surface area contributed by atoms with E-state index >= 15 is 0 Å². The zero-order valence-corrected chi connectivity index (χ0v) is 9.51. The van der Waals surface area contributed by atoms with Crippen LogP contribution in [0.25, 0.3) is 5.82 Å². The van der Waals surface area contributed by atoms with Gasteiger partial charge in [0.25, 0.3) is 0 Å². The summed E-state index contributed by atoms with van der Waals surface area (Å²) in [7, 11) is 0. The molecule has 0 aliphatic carbocycles. The highest BCUT2D eigenvalue weighted by molar-refractivity contribution is 5.31. The molecular formula is C11H15N5. The standard InChI is InChI=1S/C11H15N5/c1-8-10(3-5-12)9(2)16(15-8)11-4-6-13-7-14-11/h4,6-7H,3,5,12H2,1-2H3. The van der Waals surface area contributed by atoms with Crippen molar-refractivity contribution in [1.29, 1.82) is 0 Å². The van der Waals surface area contributed by atoms with Crippen LogP contribution in [0.2, 0.25) is 0 Å². The highest BCUT2D eigenvalue weighted by Crippen LogP contribution is 2.16. The number of hydrogen-bond acceptors (Lipinski definition) is 4. The molecule has 0 saturated heterocycles. The van der Waals surface area contributed by atoms with Crippen molar-refractivity contribution in [3.05, 3.63) is 35.5 Å². The topological polar surface area (TPSA) is 69.6 Å². The lowest BCUT2D eigenvalue weighted by atomic mass is 10.1. The van der Waals surface area contributed by atoms with Gasteiger partial charge in [-0.25, -0.2) is 14.6 Å². The zero-order valence-electron chi connectivity index (χ0n) is 9.51. The summed E-state index contributed by atoms with van der Waals surface area (Å²) >= 11 is 0. The van der Waals surface area contributed by atoms with Gasteiger partial charge in [0.1, 0.15) is 6.33 Å². The number of nitrogens with zero attached hydrogens (tertiary/aromatic N) is 4. The minimum atomic E-state index is 0.636. The molecule has 16 heavy (non-hydrogen) atoms. The summed E-state index contributed by atoms with van der Waals surface area (Å²) in [4.78, 5) is 8.08. The highest BCUT2D eigenvalue weighted by atomic mass is 15.3. The largest absolute Gasteiger partial charge is 0.330 e. The van der Waals surface area contributed by atoms with E-state index in [1.54, 1.807) is 6.20 Å². The number of nitrogens with two attached hydrogens (primary N) is 1. The molecule has 0 aliphatic rings. The second-order valence-corrected chi connectivity index (χ2v) is 3.67. The van der Waals surface area contributed by atoms with Crippen molar-refractivity contribution in [3.63, 3.8) is 0 Å². The van der Waals surface area contributed by atoms with Crippen LogP contribution in [0.1, 0.15) is 17.0 Å². The molecule has 0 fully saturated rings. The predicted molar refractivity (Wildman–Crippen MR) is 61.4 cm³/mol. The SMILES string of the molecule is Cc1nn(-c2ccncn2)c(C)c1CCN. The van der Waals surface area contributed by atoms with Gasteiger partial charge in [-0.05, 0) is 32.4 Å². The molecule has 2 heterocycles. The maximum atomic E-state index is 5.58. The summed E-state index contributed by atoms with van der Waals surface area (Å²) in [6.45, 7) is 4.67. The summed E-state index contributed by atoms with van der Waals surface area (Å²) < 4.78 is 1.84. The summed E-state index contributed by atoms with van der Waals surface area (Å²) in [5.74, 6) is 0.791. The van der Waals surface area contributed by atoms with E-state index in [1.807, 2.05) is 24.6 Å². The van der Waals surface area contributed by atoms with Crippen molar-refractivity contribution < 1.29 is 0 Å². The summed E-state index contributed by atoms with van der Waals surface area (Å²) in [5, 5.41) is 4.47. The van der Waals surface area contributed by atoms with E-state index in [0.29, 0.717) is 6.54 Å². The molecule has 0 amide bonds. The minimum Gasteiger partial charge on any atom is -0.330 e. The first-order valence-corrected chi connectivity index (χ1v) is 5.25. The number of hydrogen-bond donors (Lipinski definition) is 1. The van der Waals surface area contributed by atoms with Crippen LogP contribution < -0.4 is 5.73 Å². The van der Waals surface area contributed by atoms with E-state index in [9.17, 15) is 0 Å². The van der Waals surface area contributed by atoms with Gasteiger partial charge in [-0.1, -0.05) is 0 Å². The molecule has 84 valence electrons. The van der Waals surface area contributed by atoms with Gasteiger partial charge in [0.05, 0.1) is 5.69 Å². The van der Waals surface area contributed by atoms with Crippen LogP contribution in [-0.2, 0) is 6.42 Å². The van der Waals surface area contributed by atoms with Crippen LogP contribution in [0.4, 0.5) is 0 Å². The van der Waals surface area contributed by atoms with E-state index in [-0.39, 0.29) is 0 Å². The van der Waals surface area contributed by atoms with Crippen LogP contribution in [0, 0.1) is 13.8 Å². The Kier molecular flexibility index (Phi) is 2.96. The molecule has 5 heteroatoms. The van der Waals surface area contributed by atoms with E-state index in [2.05, 4.69) is 15.1 Å². The number of rotatable bonds is 3. The molecule has 0 saturated carbocycles. The smallest absolute Gasteiger partial charge is 0.156 e. The third-order valence-corrected chi connectivity index (χ3v) is 2.62. The molecule has 0 aromatic carbocycles. The molecular weight excluding hydrogens is 202 g/mol. The second-order valence-electron chi connectivity index (χ2n) is 3.67. The van der Waals surface area contributed by atoms with Crippen LogP contribution in [-0.4, -0.2) is 26.3 Å². The predicted octanol–water partition coefficient (Wildman–Crippen LogP) is 0.780. The Labute approximate surface area is 94.3 Å². The van der Waals surface area contributed by atoms with Gasteiger partial charge in [-0.15, -0.1) is 0 Å². The van der Waals surface area contributed by atoms with Crippen molar-refractivity contribution in [2.24, 2.45) is 5.73 Å². The van der Waals surface area contributed by atoms with Gasteiger partial charge in [0.2, 0.25) is 0 Å². The van der Waals surface area contributed by atoms with Gasteiger partial charge in [-0.2, -0.15) is 5.10 Å². The van der Waals surface area contributed by atoms with Gasteiger partial charge in [-0.3, -0.25) is 0 Å². The van der Waals surface area contributed by atoms with Gasteiger partial charge >= 0.3 is 0 Å². The molecule has 5 nitrogen and oxygen atoms in total. The van der Waals surface area contributed by atoms with Gasteiger partial charge in [0.15, 0.2) is 5.82 Å². The van der Waals surface area contributed by atoms with E-state index in [1.165, 1.54) is 11.9 Å². The van der Waals surface area contributed by atoms with E-state index in [4.69, 9.17) is 5.73 Å². The van der Waals surface area contributed by atoms with Crippen LogP contribution >= 0.6 is 0 Å². The summed E-state index contributed by atoms with van der Waals surface area (Å²) in [5.41, 5.74) is 8.91. The molecule has 0 bridgehead atoms. The van der Waals surface area contributed by atoms with E-state index in [0.717, 1.165) is 23.6 Å². The van der Waals surface area contributed by atoms with E-state index < -0.39 is 0 Å². The quantitative estimate of drug-likeness (QED) is 0.824. The first-order valence-electron chi connectivity index (χ1n) is 5.25. The van der Waals surface area contributed by atoms with Gasteiger partial charge in [0, 0.05) is 18.0 Å². The van der Waals surface area contributed by atoms with Crippen molar-refractivity contribution in [1.82, 2.24) is 19.7 Å². The second kappa shape index (κ2) is 4.40. The maximum Gasteiger partial charge on any atom is 0.156 e. The third kappa shape index (κ3) is 1.81. The highest BCUT2D eigenvalue weighted by Gasteiger charge is 2.12. The Morgan fingerprint density at radius 3 is 2.81 bits per heavy atom. The Morgan fingerprint density at radius 1 is 1.38 bits per heavy atom. The number of aryl methyl sites for hydroxylation is 1. The minimum absolute atomic E-state index is 0.636. The lowest BCUT2D eigenvalue weighted by Crippen LogP contribution is -2.05. The Balaban J connectivity index is 2.47. The molecule has 0 radical (unpaired) electrons. The average Bonchev–Trinajstić information content (AvgIpc) is 2.59. The molecule has 0 unspecified atom stereocenters. The molecule has 2 aromatic rings. The fraction of sp³-hybridized carbons (Fsp3) is 0.364. The molecule has 2 rings (SSSR count). The molecule has 2 aromatic heterocycles. The monoisotopic (exact) mass is 217 g/mol. The van der Waals surface area contributed by atoms with Crippen molar-refractivity contribution in [3.8, 4) is 5.82 Å². The molecule has 0 aliphatic heterocycles. The lowest BCUT2D eigenvalue weighted by Gasteiger charge is -2.02. The number of aromatic nitrogens is 4. The first-order chi connectivity index (χ1) is 7.74. The fourth-order valence-corrected chi connectivity index (χ4v) is 1.81. The van der Waals surface area contributed by atoms with Crippen LogP contribution in [0.15, 0.2) is 18.6 Å². The Morgan fingerprint density at radius 2 is 2.19 bits per heavy atom. The third-order valence-electron chi connectivity index (χ3n) is 2.62. The fourth-order valence-electron chi connectivity index (χ4n) is 1.81. The van der Waals surface area contributed by atoms with Gasteiger partial charge < -0.3 is 5.73 Å². The molecule has 0 atom stereocenters. The zero-order chi connectivity index (χ0) is 11.5. The molecule has 2 N–H and O–H groups in total. The Hall–Kier alpha value is -1.75. The normalized spacial score (nSPS) is 10.7. The maximum absolute atomic E-state index is 5.58. The van der Waals surface area contributed by atoms with Crippen molar-refractivity contribution in [2.45, 2.75) is 20.3 Å². The van der Waals surface area contributed by atoms with Crippen LogP contribution in [0.3, 0.4) is 0 Å². The Bertz CT molecular complexity index is 475. The summed E-state index contributed by atoms with van der Waals surface area (Å²) in [6, 6.07) is 1.84. The average molecular weight is 217 g/mol. The summed E-state index contributed by atoms with van der Waals surface area (Å²) in [6.07, 6.45) is 4.08. The van der Waals surface area contributed by atoms with Crippen molar-refractivity contribution in [2.75, 3.05) is 6.54 Å². The lowest BCUT2D eigenvalue weighted by molar-refractivity contribution is 0.799. The van der Waals surface area contributed by atoms with Crippen LogP contribution in [0.5, 0.6) is 0 Å². The molecule has 0 spiro atoms. The first kappa shape index (κ1) is 10.8. The van der Waals surface area contributed by atoms with Crippen molar-refractivity contribution >= 4 is 0 Å².